The molecule has 1 aliphatic rings. The van der Waals surface area contributed by atoms with Crippen LogP contribution < -0.4 is 0 Å². The van der Waals surface area contributed by atoms with Gasteiger partial charge >= 0.3 is 0 Å². The average molecular weight is 300 g/mol. The Morgan fingerprint density at radius 3 is 2.86 bits per heavy atom. The Bertz CT molecular complexity index is 669. The van der Waals surface area contributed by atoms with Crippen molar-refractivity contribution in [3.8, 4) is 0 Å². The van der Waals surface area contributed by atoms with Crippen LogP contribution in [0.3, 0.4) is 0 Å². The van der Waals surface area contributed by atoms with Crippen LogP contribution in [0.2, 0.25) is 0 Å². The van der Waals surface area contributed by atoms with Crippen LogP contribution in [0.5, 0.6) is 0 Å². The quantitative estimate of drug-likeness (QED) is 0.807. The fourth-order valence-electron chi connectivity index (χ4n) is 2.57. The molecule has 0 spiro atoms. The summed E-state index contributed by atoms with van der Waals surface area (Å²) in [5.74, 6) is 1.05. The molecule has 21 heavy (non-hydrogen) atoms. The Kier molecular flexibility index (Phi) is 3.89. The van der Waals surface area contributed by atoms with Crippen molar-refractivity contribution in [3.05, 3.63) is 42.1 Å². The highest BCUT2D eigenvalue weighted by Crippen LogP contribution is 2.31. The molecule has 110 valence electrons. The van der Waals surface area contributed by atoms with Crippen LogP contribution in [0.1, 0.15) is 30.8 Å². The summed E-state index contributed by atoms with van der Waals surface area (Å²) in [6, 6.07) is 11.7. The SMILES string of the molecule is CC1(C)CCN(C(=O)c2ccc3ccccc3n2)CCS1. The second kappa shape index (κ2) is 5.68. The monoisotopic (exact) mass is 300 g/mol. The number of benzene rings is 1. The molecule has 1 aromatic heterocycles. The van der Waals surface area contributed by atoms with E-state index in [1.807, 2.05) is 53.1 Å². The minimum absolute atomic E-state index is 0.0547. The molecule has 0 aliphatic carbocycles. The summed E-state index contributed by atoms with van der Waals surface area (Å²) in [6.45, 7) is 6.12. The molecule has 2 aromatic rings. The number of aromatic nitrogens is 1. The number of thioether (sulfide) groups is 1. The number of pyridine rings is 1. The predicted octanol–water partition coefficient (Wildman–Crippen LogP) is 3.59. The lowest BCUT2D eigenvalue weighted by Gasteiger charge is -2.22. The van der Waals surface area contributed by atoms with E-state index >= 15 is 0 Å². The highest BCUT2D eigenvalue weighted by molar-refractivity contribution is 8.00. The predicted molar refractivity (Wildman–Crippen MR) is 88.8 cm³/mol. The maximum absolute atomic E-state index is 12.7. The summed E-state index contributed by atoms with van der Waals surface area (Å²) >= 11 is 1.95. The number of fused-ring (bicyclic) bond motifs is 1. The van der Waals surface area contributed by atoms with Crippen LogP contribution in [0, 0.1) is 0 Å². The Balaban J connectivity index is 1.83. The molecule has 0 N–H and O–H groups in total. The molecule has 3 nitrogen and oxygen atoms in total. The number of rotatable bonds is 1. The minimum Gasteiger partial charge on any atom is -0.336 e. The number of carbonyl (C=O) groups excluding carboxylic acids is 1. The molecule has 0 bridgehead atoms. The molecule has 1 aromatic carbocycles. The molecule has 4 heteroatoms. The Morgan fingerprint density at radius 1 is 1.19 bits per heavy atom. The molecular weight excluding hydrogens is 280 g/mol. The van der Waals surface area contributed by atoms with Gasteiger partial charge in [0.1, 0.15) is 5.69 Å². The highest BCUT2D eigenvalue weighted by Gasteiger charge is 2.26. The van der Waals surface area contributed by atoms with Gasteiger partial charge in [-0.1, -0.05) is 38.1 Å². The molecule has 2 heterocycles. The summed E-state index contributed by atoms with van der Waals surface area (Å²) in [5.41, 5.74) is 1.44. The van der Waals surface area contributed by atoms with E-state index in [0.29, 0.717) is 5.69 Å². The minimum atomic E-state index is 0.0547. The Morgan fingerprint density at radius 2 is 2.00 bits per heavy atom. The van der Waals surface area contributed by atoms with Gasteiger partial charge in [0.05, 0.1) is 5.52 Å². The molecule has 3 rings (SSSR count). The smallest absolute Gasteiger partial charge is 0.272 e. The molecule has 0 atom stereocenters. The Labute approximate surface area is 129 Å². The number of hydrogen-bond acceptors (Lipinski definition) is 3. The third kappa shape index (κ3) is 3.21. The first-order chi connectivity index (χ1) is 10.1. The maximum Gasteiger partial charge on any atom is 0.272 e. The van der Waals surface area contributed by atoms with Gasteiger partial charge in [-0.15, -0.1) is 0 Å². The molecule has 1 fully saturated rings. The van der Waals surface area contributed by atoms with Crippen molar-refractivity contribution in [2.75, 3.05) is 18.8 Å². The number of para-hydroxylation sites is 1. The van der Waals surface area contributed by atoms with Gasteiger partial charge in [0.25, 0.3) is 5.91 Å². The van der Waals surface area contributed by atoms with Crippen molar-refractivity contribution < 1.29 is 4.79 Å². The molecule has 0 unspecified atom stereocenters. The van der Waals surface area contributed by atoms with Crippen molar-refractivity contribution >= 4 is 28.6 Å². The van der Waals surface area contributed by atoms with Crippen molar-refractivity contribution in [2.45, 2.75) is 25.0 Å². The first-order valence-electron chi connectivity index (χ1n) is 7.34. The van der Waals surface area contributed by atoms with E-state index in [9.17, 15) is 4.79 Å². The van der Waals surface area contributed by atoms with Gasteiger partial charge in [0, 0.05) is 29.0 Å². The van der Waals surface area contributed by atoms with E-state index in [2.05, 4.69) is 18.8 Å². The van der Waals surface area contributed by atoms with Crippen LogP contribution in [0.25, 0.3) is 10.9 Å². The van der Waals surface area contributed by atoms with Gasteiger partial charge in [0.2, 0.25) is 0 Å². The van der Waals surface area contributed by atoms with Gasteiger partial charge in [0.15, 0.2) is 0 Å². The van der Waals surface area contributed by atoms with Gasteiger partial charge in [-0.3, -0.25) is 4.79 Å². The summed E-state index contributed by atoms with van der Waals surface area (Å²) < 4.78 is 0.256. The zero-order valence-electron chi connectivity index (χ0n) is 12.5. The first kappa shape index (κ1) is 14.4. The fraction of sp³-hybridized carbons (Fsp3) is 0.412. The normalized spacial score (nSPS) is 18.5. The number of amides is 1. The molecular formula is C17H20N2OS. The van der Waals surface area contributed by atoms with Gasteiger partial charge in [-0.2, -0.15) is 11.8 Å². The number of hydrogen-bond donors (Lipinski definition) is 0. The van der Waals surface area contributed by atoms with Crippen molar-refractivity contribution in [1.29, 1.82) is 0 Å². The van der Waals surface area contributed by atoms with E-state index in [0.717, 1.165) is 36.2 Å². The molecule has 0 saturated carbocycles. The lowest BCUT2D eigenvalue weighted by atomic mass is 10.1. The zero-order valence-corrected chi connectivity index (χ0v) is 13.3. The van der Waals surface area contributed by atoms with E-state index < -0.39 is 0 Å². The van der Waals surface area contributed by atoms with Crippen LogP contribution >= 0.6 is 11.8 Å². The Hall–Kier alpha value is -1.55. The topological polar surface area (TPSA) is 33.2 Å². The second-order valence-corrected chi connectivity index (χ2v) is 7.84. The third-order valence-corrected chi connectivity index (χ3v) is 5.31. The summed E-state index contributed by atoms with van der Waals surface area (Å²) in [4.78, 5) is 19.1. The fourth-order valence-corrected chi connectivity index (χ4v) is 3.67. The standard InChI is InChI=1S/C17H20N2OS/c1-17(2)9-10-19(11-12-21-17)16(20)15-8-7-13-5-3-4-6-14(13)18-15/h3-8H,9-12H2,1-2H3. The van der Waals surface area contributed by atoms with Crippen LogP contribution in [0.4, 0.5) is 0 Å². The van der Waals surface area contributed by atoms with Crippen LogP contribution in [-0.4, -0.2) is 39.4 Å². The largest absolute Gasteiger partial charge is 0.336 e. The number of carbonyl (C=O) groups is 1. The van der Waals surface area contributed by atoms with E-state index in [1.54, 1.807) is 0 Å². The summed E-state index contributed by atoms with van der Waals surface area (Å²) in [6.07, 6.45) is 1.02. The number of nitrogens with zero attached hydrogens (tertiary/aromatic N) is 2. The lowest BCUT2D eigenvalue weighted by molar-refractivity contribution is 0.0759. The van der Waals surface area contributed by atoms with Gasteiger partial charge < -0.3 is 4.90 Å². The molecule has 0 radical (unpaired) electrons. The van der Waals surface area contributed by atoms with E-state index in [1.165, 1.54) is 0 Å². The first-order valence-corrected chi connectivity index (χ1v) is 8.33. The van der Waals surface area contributed by atoms with Gasteiger partial charge in [-0.25, -0.2) is 4.98 Å². The van der Waals surface area contributed by atoms with Crippen molar-refractivity contribution in [2.24, 2.45) is 0 Å². The van der Waals surface area contributed by atoms with Crippen LogP contribution in [-0.2, 0) is 0 Å². The lowest BCUT2D eigenvalue weighted by Crippen LogP contribution is -2.34. The van der Waals surface area contributed by atoms with E-state index in [4.69, 9.17) is 0 Å². The van der Waals surface area contributed by atoms with Crippen molar-refractivity contribution in [3.63, 3.8) is 0 Å². The maximum atomic E-state index is 12.7. The zero-order chi connectivity index (χ0) is 14.9. The van der Waals surface area contributed by atoms with Crippen molar-refractivity contribution in [1.82, 2.24) is 9.88 Å². The molecule has 1 amide bonds. The highest BCUT2D eigenvalue weighted by atomic mass is 32.2. The van der Waals surface area contributed by atoms with Crippen LogP contribution in [0.15, 0.2) is 36.4 Å². The molecule has 1 saturated heterocycles. The molecule has 1 aliphatic heterocycles. The average Bonchev–Trinajstić information content (AvgIpc) is 2.67. The third-order valence-electron chi connectivity index (χ3n) is 3.94. The second-order valence-electron chi connectivity index (χ2n) is 6.04. The van der Waals surface area contributed by atoms with Gasteiger partial charge in [-0.05, 0) is 18.6 Å². The van der Waals surface area contributed by atoms with E-state index in [-0.39, 0.29) is 10.7 Å². The summed E-state index contributed by atoms with van der Waals surface area (Å²) in [7, 11) is 0. The summed E-state index contributed by atoms with van der Waals surface area (Å²) in [5, 5.41) is 1.07.